The Morgan fingerprint density at radius 1 is 1.40 bits per heavy atom. The van der Waals surface area contributed by atoms with E-state index in [1.165, 1.54) is 11.3 Å². The molecule has 0 saturated carbocycles. The highest BCUT2D eigenvalue weighted by Crippen LogP contribution is 2.23. The molecule has 2 aromatic rings. The third kappa shape index (κ3) is 3.56. The minimum absolute atomic E-state index is 0.298. The zero-order chi connectivity index (χ0) is 14.6. The fourth-order valence-corrected chi connectivity index (χ4v) is 4.01. The molecule has 0 aromatic carbocycles. The molecule has 2 aromatic heterocycles. The van der Waals surface area contributed by atoms with Gasteiger partial charge in [-0.3, -0.25) is 9.71 Å². The molecule has 2 heterocycles. The third-order valence-corrected chi connectivity index (χ3v) is 5.18. The molecule has 108 valence electrons. The number of thiophene rings is 1. The number of anilines is 1. The summed E-state index contributed by atoms with van der Waals surface area (Å²) >= 11 is 1.44. The van der Waals surface area contributed by atoms with Crippen LogP contribution in [0.4, 0.5) is 5.69 Å². The fraction of sp³-hybridized carbons (Fsp3) is 0.308. The summed E-state index contributed by atoms with van der Waals surface area (Å²) in [6, 6.07) is 3.35. The van der Waals surface area contributed by atoms with E-state index in [4.69, 9.17) is 0 Å². The van der Waals surface area contributed by atoms with Crippen LogP contribution in [0.3, 0.4) is 0 Å². The van der Waals surface area contributed by atoms with Gasteiger partial charge in [-0.1, -0.05) is 6.92 Å². The molecule has 0 saturated heterocycles. The van der Waals surface area contributed by atoms with Gasteiger partial charge in [0.1, 0.15) is 0 Å². The van der Waals surface area contributed by atoms with Crippen molar-refractivity contribution in [1.82, 2.24) is 10.3 Å². The predicted molar refractivity (Wildman–Crippen MR) is 81.5 cm³/mol. The first kappa shape index (κ1) is 15.0. The summed E-state index contributed by atoms with van der Waals surface area (Å²) in [5, 5.41) is 4.83. The average Bonchev–Trinajstić information content (AvgIpc) is 2.88. The Hall–Kier alpha value is -1.44. The lowest BCUT2D eigenvalue weighted by Gasteiger charge is -2.08. The number of aryl methyl sites for hydroxylation is 1. The van der Waals surface area contributed by atoms with Gasteiger partial charge in [-0.2, -0.15) is 0 Å². The van der Waals surface area contributed by atoms with Crippen LogP contribution in [0, 0.1) is 6.92 Å². The Balaban J connectivity index is 2.18. The standard InChI is InChI=1S/C13H17N3O2S2/c1-3-14-8-11-6-12(9-19-11)20(17,18)16-13-4-5-15-7-10(13)2/h4-7,9,14H,3,8H2,1-2H3,(H,15,16). The van der Waals surface area contributed by atoms with Gasteiger partial charge < -0.3 is 5.32 Å². The number of nitrogens with zero attached hydrogens (tertiary/aromatic N) is 1. The van der Waals surface area contributed by atoms with Gasteiger partial charge in [0.15, 0.2) is 0 Å². The van der Waals surface area contributed by atoms with Gasteiger partial charge in [-0.25, -0.2) is 8.42 Å². The summed E-state index contributed by atoms with van der Waals surface area (Å²) in [5.41, 5.74) is 1.35. The zero-order valence-electron chi connectivity index (χ0n) is 11.4. The second-order valence-electron chi connectivity index (χ2n) is 4.33. The molecule has 0 spiro atoms. The van der Waals surface area contributed by atoms with Crippen molar-refractivity contribution in [2.75, 3.05) is 11.3 Å². The molecular weight excluding hydrogens is 294 g/mol. The normalized spacial score (nSPS) is 11.5. The average molecular weight is 311 g/mol. The van der Waals surface area contributed by atoms with Gasteiger partial charge in [0.25, 0.3) is 10.0 Å². The Bertz CT molecular complexity index is 680. The minimum Gasteiger partial charge on any atom is -0.312 e. The van der Waals surface area contributed by atoms with Crippen molar-refractivity contribution in [2.45, 2.75) is 25.3 Å². The molecule has 5 nitrogen and oxygen atoms in total. The minimum atomic E-state index is -3.54. The van der Waals surface area contributed by atoms with Crippen LogP contribution < -0.4 is 10.0 Å². The summed E-state index contributed by atoms with van der Waals surface area (Å²) in [6.45, 7) is 5.37. The first-order valence-electron chi connectivity index (χ1n) is 6.24. The van der Waals surface area contributed by atoms with Crippen LogP contribution in [0.5, 0.6) is 0 Å². The van der Waals surface area contributed by atoms with Crippen LogP contribution in [0.15, 0.2) is 34.8 Å². The quantitative estimate of drug-likeness (QED) is 0.859. The maximum absolute atomic E-state index is 12.3. The molecule has 0 radical (unpaired) electrons. The largest absolute Gasteiger partial charge is 0.312 e. The molecule has 2 N–H and O–H groups in total. The predicted octanol–water partition coefficient (Wildman–Crippen LogP) is 2.36. The highest BCUT2D eigenvalue weighted by atomic mass is 32.2. The van der Waals surface area contributed by atoms with Gasteiger partial charge >= 0.3 is 0 Å². The highest BCUT2D eigenvalue weighted by Gasteiger charge is 2.17. The van der Waals surface area contributed by atoms with Crippen molar-refractivity contribution in [2.24, 2.45) is 0 Å². The van der Waals surface area contributed by atoms with Gasteiger partial charge in [0, 0.05) is 29.2 Å². The molecule has 2 rings (SSSR count). The number of hydrogen-bond acceptors (Lipinski definition) is 5. The van der Waals surface area contributed by atoms with Crippen molar-refractivity contribution in [3.05, 3.63) is 40.3 Å². The molecule has 7 heteroatoms. The second kappa shape index (κ2) is 6.34. The maximum atomic E-state index is 12.3. The van der Waals surface area contributed by atoms with E-state index < -0.39 is 10.0 Å². The molecule has 20 heavy (non-hydrogen) atoms. The molecular formula is C13H17N3O2S2. The zero-order valence-corrected chi connectivity index (χ0v) is 13.0. The van der Waals surface area contributed by atoms with Crippen LogP contribution in [-0.2, 0) is 16.6 Å². The van der Waals surface area contributed by atoms with E-state index in [0.717, 1.165) is 17.0 Å². The van der Waals surface area contributed by atoms with Gasteiger partial charge in [0.2, 0.25) is 0 Å². The van der Waals surface area contributed by atoms with Crippen molar-refractivity contribution in [3.8, 4) is 0 Å². The topological polar surface area (TPSA) is 71.1 Å². The van der Waals surface area contributed by atoms with Gasteiger partial charge in [-0.15, -0.1) is 11.3 Å². The molecule has 0 fully saturated rings. The lowest BCUT2D eigenvalue weighted by Crippen LogP contribution is -2.13. The molecule has 0 aliphatic rings. The van der Waals surface area contributed by atoms with E-state index >= 15 is 0 Å². The van der Waals surface area contributed by atoms with E-state index in [-0.39, 0.29) is 0 Å². The Labute approximate surface area is 123 Å². The molecule has 0 atom stereocenters. The number of aromatic nitrogens is 1. The lowest BCUT2D eigenvalue weighted by atomic mass is 10.3. The van der Waals surface area contributed by atoms with Crippen LogP contribution in [0.1, 0.15) is 17.4 Å². The van der Waals surface area contributed by atoms with Crippen molar-refractivity contribution >= 4 is 27.0 Å². The van der Waals surface area contributed by atoms with Crippen LogP contribution >= 0.6 is 11.3 Å². The first-order chi connectivity index (χ1) is 9.53. The summed E-state index contributed by atoms with van der Waals surface area (Å²) in [4.78, 5) is 5.24. The van der Waals surface area contributed by atoms with Crippen LogP contribution in [0.2, 0.25) is 0 Å². The summed E-state index contributed by atoms with van der Waals surface area (Å²) in [7, 11) is -3.54. The number of hydrogen-bond donors (Lipinski definition) is 2. The molecule has 0 unspecified atom stereocenters. The number of rotatable bonds is 6. The van der Waals surface area contributed by atoms with E-state index in [1.807, 2.05) is 13.8 Å². The van der Waals surface area contributed by atoms with Crippen molar-refractivity contribution < 1.29 is 8.42 Å². The first-order valence-corrected chi connectivity index (χ1v) is 8.61. The molecule has 0 bridgehead atoms. The third-order valence-electron chi connectivity index (χ3n) is 2.75. The van der Waals surface area contributed by atoms with Crippen molar-refractivity contribution in [3.63, 3.8) is 0 Å². The Morgan fingerprint density at radius 3 is 2.90 bits per heavy atom. The SMILES string of the molecule is CCNCc1cc(S(=O)(=O)Nc2ccncc2C)cs1. The monoisotopic (exact) mass is 311 g/mol. The molecule has 0 aliphatic heterocycles. The Kier molecular flexibility index (Phi) is 4.74. The van der Waals surface area contributed by atoms with Gasteiger partial charge in [-0.05, 0) is 31.2 Å². The van der Waals surface area contributed by atoms with E-state index in [1.54, 1.807) is 29.9 Å². The summed E-state index contributed by atoms with van der Waals surface area (Å²) in [5.74, 6) is 0. The van der Waals surface area contributed by atoms with Crippen LogP contribution in [0.25, 0.3) is 0 Å². The highest BCUT2D eigenvalue weighted by molar-refractivity contribution is 7.92. The molecule has 0 amide bonds. The summed E-state index contributed by atoms with van der Waals surface area (Å²) in [6.07, 6.45) is 3.19. The van der Waals surface area contributed by atoms with E-state index in [2.05, 4.69) is 15.0 Å². The van der Waals surface area contributed by atoms with Gasteiger partial charge in [0.05, 0.1) is 10.6 Å². The van der Waals surface area contributed by atoms with E-state index in [9.17, 15) is 8.42 Å². The maximum Gasteiger partial charge on any atom is 0.262 e. The van der Waals surface area contributed by atoms with Crippen LogP contribution in [-0.4, -0.2) is 19.9 Å². The number of pyridine rings is 1. The lowest BCUT2D eigenvalue weighted by molar-refractivity contribution is 0.601. The summed E-state index contributed by atoms with van der Waals surface area (Å²) < 4.78 is 27.2. The number of nitrogens with one attached hydrogen (secondary N) is 2. The molecule has 0 aliphatic carbocycles. The Morgan fingerprint density at radius 2 is 2.20 bits per heavy atom. The second-order valence-corrected chi connectivity index (χ2v) is 7.00. The van der Waals surface area contributed by atoms with E-state index in [0.29, 0.717) is 17.1 Å². The smallest absolute Gasteiger partial charge is 0.262 e. The number of sulfonamides is 1. The van der Waals surface area contributed by atoms with Crippen molar-refractivity contribution in [1.29, 1.82) is 0 Å². The fourth-order valence-electron chi connectivity index (χ4n) is 1.63.